The molecule has 0 heterocycles. The van der Waals surface area contributed by atoms with Crippen LogP contribution in [0.4, 0.5) is 0 Å². The van der Waals surface area contributed by atoms with E-state index in [0.717, 1.165) is 5.92 Å². The van der Waals surface area contributed by atoms with Gasteiger partial charge in [-0.2, -0.15) is 0 Å². The van der Waals surface area contributed by atoms with Crippen molar-refractivity contribution in [2.75, 3.05) is 0 Å². The highest BCUT2D eigenvalue weighted by Crippen LogP contribution is 2.39. The Morgan fingerprint density at radius 3 is 2.16 bits per heavy atom. The lowest BCUT2D eigenvalue weighted by Gasteiger charge is -2.36. The molecule has 1 atom stereocenters. The van der Waals surface area contributed by atoms with Gasteiger partial charge in [0.05, 0.1) is 6.10 Å². The number of hydrogen-bond acceptors (Lipinski definition) is 1. The van der Waals surface area contributed by atoms with E-state index in [2.05, 4.69) is 64.1 Å². The van der Waals surface area contributed by atoms with Crippen LogP contribution in [0.15, 0.2) is 42.0 Å². The summed E-state index contributed by atoms with van der Waals surface area (Å²) < 4.78 is 7.04. The molecule has 0 amide bonds. The molecule has 0 aliphatic heterocycles. The second-order valence-corrected chi connectivity index (χ2v) is 12.4. The van der Waals surface area contributed by atoms with Gasteiger partial charge < -0.3 is 4.43 Å². The summed E-state index contributed by atoms with van der Waals surface area (Å²) in [5, 5.41) is 0. The Morgan fingerprint density at radius 1 is 1.04 bits per heavy atom. The molecule has 1 aliphatic carbocycles. The van der Waals surface area contributed by atoms with E-state index < -0.39 is 8.32 Å². The first kappa shape index (κ1) is 20.4. The zero-order valence-corrected chi connectivity index (χ0v) is 17.9. The molecule has 0 unspecified atom stereocenters. The summed E-state index contributed by atoms with van der Waals surface area (Å²) in [6.07, 6.45) is 10.8. The molecule has 0 radical (unpaired) electrons. The van der Waals surface area contributed by atoms with Crippen LogP contribution in [0, 0.1) is 5.92 Å². The van der Waals surface area contributed by atoms with Crippen LogP contribution in [-0.4, -0.2) is 8.32 Å². The fourth-order valence-electron chi connectivity index (χ4n) is 4.34. The fourth-order valence-corrected chi connectivity index (χ4v) is 7.12. The summed E-state index contributed by atoms with van der Waals surface area (Å²) in [6, 6.07) is 14.6. The van der Waals surface area contributed by atoms with E-state index in [0.29, 0.717) is 0 Å². The molecule has 0 spiro atoms. The highest BCUT2D eigenvalue weighted by atomic mass is 28.4. The number of benzene rings is 1. The maximum absolute atomic E-state index is 7.04. The van der Waals surface area contributed by atoms with Gasteiger partial charge in [0.2, 0.25) is 0 Å². The molecule has 0 saturated heterocycles. The third-order valence-corrected chi connectivity index (χ3v) is 11.0. The van der Waals surface area contributed by atoms with Gasteiger partial charge in [0, 0.05) is 0 Å². The van der Waals surface area contributed by atoms with Crippen LogP contribution >= 0.6 is 0 Å². The monoisotopic (exact) mass is 358 g/mol. The normalized spacial score (nSPS) is 18.3. The largest absolute Gasteiger partial charge is 0.406 e. The predicted octanol–water partition coefficient (Wildman–Crippen LogP) is 7.67. The standard InChI is InChI=1S/C23H38OSi/c1-5-21(19-20-15-11-9-12-16-20)23(22-17-13-10-14-18-22)24-25(6-2,7-3)8-4/h5,10,13-14,17-18,20,23H,6-9,11-12,15-16,19H2,1-4H3/b21-5-/t23-/m1/s1. The maximum atomic E-state index is 7.04. The number of allylic oxidation sites excluding steroid dienone is 1. The SMILES string of the molecule is C/C=C(/CC1CCCCC1)[C@@H](O[Si](CC)(CC)CC)c1ccccc1. The summed E-state index contributed by atoms with van der Waals surface area (Å²) in [6.45, 7) is 9.21. The summed E-state index contributed by atoms with van der Waals surface area (Å²) in [4.78, 5) is 0. The molecule has 1 aromatic carbocycles. The molecule has 2 heteroatoms. The molecule has 1 aromatic rings. The van der Waals surface area contributed by atoms with Crippen LogP contribution in [0.25, 0.3) is 0 Å². The van der Waals surface area contributed by atoms with Gasteiger partial charge in [0.25, 0.3) is 0 Å². The quantitative estimate of drug-likeness (QED) is 0.325. The minimum absolute atomic E-state index is 0.166. The van der Waals surface area contributed by atoms with Crippen LogP contribution in [0.3, 0.4) is 0 Å². The van der Waals surface area contributed by atoms with Gasteiger partial charge in [0.15, 0.2) is 8.32 Å². The molecule has 1 aliphatic rings. The molecule has 2 rings (SSSR count). The average Bonchev–Trinajstić information content (AvgIpc) is 2.69. The van der Waals surface area contributed by atoms with Gasteiger partial charge in [-0.1, -0.05) is 89.3 Å². The lowest BCUT2D eigenvalue weighted by atomic mass is 9.82. The number of hydrogen-bond donors (Lipinski definition) is 0. The Balaban J connectivity index is 2.26. The van der Waals surface area contributed by atoms with Crippen LogP contribution in [0.2, 0.25) is 18.1 Å². The van der Waals surface area contributed by atoms with Crippen LogP contribution in [0.1, 0.15) is 77.9 Å². The minimum Gasteiger partial charge on any atom is -0.406 e. The van der Waals surface area contributed by atoms with Gasteiger partial charge in [-0.25, -0.2) is 0 Å². The zero-order chi connectivity index (χ0) is 18.1. The number of rotatable bonds is 9. The topological polar surface area (TPSA) is 9.23 Å². The van der Waals surface area contributed by atoms with Crippen LogP contribution in [-0.2, 0) is 4.43 Å². The summed E-state index contributed by atoms with van der Waals surface area (Å²) >= 11 is 0. The molecule has 25 heavy (non-hydrogen) atoms. The van der Waals surface area contributed by atoms with E-state index >= 15 is 0 Å². The molecule has 1 saturated carbocycles. The molecule has 0 N–H and O–H groups in total. The van der Waals surface area contributed by atoms with Crippen molar-refractivity contribution in [2.45, 2.75) is 90.5 Å². The van der Waals surface area contributed by atoms with Crippen LogP contribution in [0.5, 0.6) is 0 Å². The van der Waals surface area contributed by atoms with Crippen molar-refractivity contribution in [3.8, 4) is 0 Å². The van der Waals surface area contributed by atoms with Crippen molar-refractivity contribution in [1.29, 1.82) is 0 Å². The van der Waals surface area contributed by atoms with Gasteiger partial charge >= 0.3 is 0 Å². The smallest absolute Gasteiger partial charge is 0.193 e. The second-order valence-electron chi connectivity index (χ2n) is 7.72. The van der Waals surface area contributed by atoms with E-state index in [1.54, 1.807) is 0 Å². The molecule has 1 fully saturated rings. The lowest BCUT2D eigenvalue weighted by molar-refractivity contribution is 0.212. The third-order valence-electron chi connectivity index (χ3n) is 6.36. The van der Waals surface area contributed by atoms with Crippen molar-refractivity contribution in [1.82, 2.24) is 0 Å². The molecule has 0 aromatic heterocycles. The van der Waals surface area contributed by atoms with E-state index in [9.17, 15) is 0 Å². The van der Waals surface area contributed by atoms with E-state index in [4.69, 9.17) is 4.43 Å². The van der Waals surface area contributed by atoms with Gasteiger partial charge in [-0.05, 0) is 48.5 Å². The Morgan fingerprint density at radius 2 is 1.64 bits per heavy atom. The molecule has 1 nitrogen and oxygen atoms in total. The second kappa shape index (κ2) is 10.3. The molecular formula is C23H38OSi. The van der Waals surface area contributed by atoms with Gasteiger partial charge in [-0.3, -0.25) is 0 Å². The summed E-state index contributed by atoms with van der Waals surface area (Å²) in [5.41, 5.74) is 2.86. The molecule has 140 valence electrons. The average molecular weight is 359 g/mol. The van der Waals surface area contributed by atoms with Crippen molar-refractivity contribution in [3.05, 3.63) is 47.5 Å². The van der Waals surface area contributed by atoms with Crippen molar-refractivity contribution >= 4 is 8.32 Å². The van der Waals surface area contributed by atoms with Gasteiger partial charge in [0.1, 0.15) is 0 Å². The first-order chi connectivity index (χ1) is 12.2. The predicted molar refractivity (Wildman–Crippen MR) is 112 cm³/mol. The lowest BCUT2D eigenvalue weighted by Crippen LogP contribution is -2.38. The third kappa shape index (κ3) is 5.56. The minimum atomic E-state index is -1.65. The highest BCUT2D eigenvalue weighted by molar-refractivity contribution is 6.73. The Kier molecular flexibility index (Phi) is 8.45. The van der Waals surface area contributed by atoms with E-state index in [1.807, 2.05) is 0 Å². The van der Waals surface area contributed by atoms with Crippen LogP contribution < -0.4 is 0 Å². The first-order valence-electron chi connectivity index (χ1n) is 10.6. The Hall–Kier alpha value is -0.863. The summed E-state index contributed by atoms with van der Waals surface area (Å²) in [7, 11) is -1.65. The Labute approximate surface area is 157 Å². The van der Waals surface area contributed by atoms with Crippen molar-refractivity contribution in [2.24, 2.45) is 5.92 Å². The Bertz CT molecular complexity index is 504. The zero-order valence-electron chi connectivity index (χ0n) is 16.9. The highest BCUT2D eigenvalue weighted by Gasteiger charge is 2.34. The molecular weight excluding hydrogens is 320 g/mol. The first-order valence-corrected chi connectivity index (χ1v) is 13.1. The van der Waals surface area contributed by atoms with E-state index in [1.165, 1.54) is 67.8 Å². The van der Waals surface area contributed by atoms with Gasteiger partial charge in [-0.15, -0.1) is 0 Å². The van der Waals surface area contributed by atoms with E-state index in [-0.39, 0.29) is 6.10 Å². The van der Waals surface area contributed by atoms with Crippen molar-refractivity contribution in [3.63, 3.8) is 0 Å². The van der Waals surface area contributed by atoms with Crippen molar-refractivity contribution < 1.29 is 4.43 Å². The summed E-state index contributed by atoms with van der Waals surface area (Å²) in [5.74, 6) is 0.857. The molecule has 0 bridgehead atoms. The maximum Gasteiger partial charge on any atom is 0.193 e. The fraction of sp³-hybridized carbons (Fsp3) is 0.652.